The molecule has 0 amide bonds. The second-order valence-electron chi connectivity index (χ2n) is 6.28. The van der Waals surface area contributed by atoms with Crippen molar-refractivity contribution in [1.82, 2.24) is 4.98 Å². The lowest BCUT2D eigenvalue weighted by Gasteiger charge is -2.25. The summed E-state index contributed by atoms with van der Waals surface area (Å²) < 4.78 is 33.3. The van der Waals surface area contributed by atoms with E-state index in [1.807, 2.05) is 31.2 Å². The van der Waals surface area contributed by atoms with Gasteiger partial charge >= 0.3 is 5.97 Å². The molecule has 0 spiro atoms. The predicted octanol–water partition coefficient (Wildman–Crippen LogP) is 2.95. The Labute approximate surface area is 147 Å². The number of nitrogens with zero attached hydrogens (tertiary/aromatic N) is 1. The number of aryl methyl sites for hydroxylation is 1. The second kappa shape index (κ2) is 6.22. The lowest BCUT2D eigenvalue weighted by Crippen LogP contribution is -2.36. The lowest BCUT2D eigenvalue weighted by atomic mass is 10.1. The zero-order valence-electron chi connectivity index (χ0n) is 14.8. The van der Waals surface area contributed by atoms with Crippen LogP contribution >= 0.6 is 0 Å². The van der Waals surface area contributed by atoms with Gasteiger partial charge in [0.1, 0.15) is 10.6 Å². The van der Waals surface area contributed by atoms with Crippen LogP contribution in [0.4, 0.5) is 5.69 Å². The van der Waals surface area contributed by atoms with Crippen LogP contribution in [0.2, 0.25) is 0 Å². The van der Waals surface area contributed by atoms with Crippen molar-refractivity contribution in [1.29, 1.82) is 0 Å². The highest BCUT2D eigenvalue weighted by Crippen LogP contribution is 2.38. The first-order chi connectivity index (χ1) is 11.8. The molecule has 2 heterocycles. The smallest absolute Gasteiger partial charge is 0.355 e. The number of esters is 1. The third kappa shape index (κ3) is 2.72. The van der Waals surface area contributed by atoms with Gasteiger partial charge in [-0.3, -0.25) is 4.31 Å². The number of rotatable bonds is 4. The molecule has 0 radical (unpaired) electrons. The summed E-state index contributed by atoms with van der Waals surface area (Å²) in [5.41, 5.74) is 2.74. The van der Waals surface area contributed by atoms with Gasteiger partial charge in [0.25, 0.3) is 10.0 Å². The number of hydrogen-bond donors (Lipinski definition) is 1. The zero-order valence-corrected chi connectivity index (χ0v) is 15.6. The monoisotopic (exact) mass is 362 g/mol. The van der Waals surface area contributed by atoms with E-state index < -0.39 is 16.0 Å². The molecule has 1 N–H and O–H groups in total. The number of ether oxygens (including phenoxy) is 1. The van der Waals surface area contributed by atoms with Gasteiger partial charge in [-0.1, -0.05) is 18.2 Å². The molecule has 3 rings (SSSR count). The van der Waals surface area contributed by atoms with Crippen LogP contribution in [0.3, 0.4) is 0 Å². The average molecular weight is 362 g/mol. The highest BCUT2D eigenvalue weighted by Gasteiger charge is 2.39. The molecule has 7 heteroatoms. The largest absolute Gasteiger partial charge is 0.461 e. The number of benzene rings is 1. The Bertz CT molecular complexity index is 931. The van der Waals surface area contributed by atoms with Crippen molar-refractivity contribution in [2.45, 2.75) is 45.1 Å². The minimum Gasteiger partial charge on any atom is -0.461 e. The summed E-state index contributed by atoms with van der Waals surface area (Å²) in [4.78, 5) is 15.1. The summed E-state index contributed by atoms with van der Waals surface area (Å²) in [5.74, 6) is -0.542. The van der Waals surface area contributed by atoms with Crippen molar-refractivity contribution in [3.05, 3.63) is 46.8 Å². The molecule has 0 saturated heterocycles. The van der Waals surface area contributed by atoms with Gasteiger partial charge in [-0.15, -0.1) is 0 Å². The molecule has 25 heavy (non-hydrogen) atoms. The Morgan fingerprint density at radius 3 is 2.68 bits per heavy atom. The predicted molar refractivity (Wildman–Crippen MR) is 95.5 cm³/mol. The standard InChI is InChI=1S/C18H22N2O4S/c1-5-24-18(21)16-12(3)17(13(4)19-16)25(22,23)20-11(2)10-14-8-6-7-9-15(14)20/h6-9,11,19H,5,10H2,1-4H3/t11-/m0/s1. The van der Waals surface area contributed by atoms with Gasteiger partial charge in [0.2, 0.25) is 0 Å². The number of hydrogen-bond acceptors (Lipinski definition) is 4. The highest BCUT2D eigenvalue weighted by atomic mass is 32.2. The Morgan fingerprint density at radius 2 is 2.00 bits per heavy atom. The molecule has 1 aliphatic rings. The van der Waals surface area contributed by atoms with Crippen LogP contribution in [0.1, 0.15) is 41.2 Å². The van der Waals surface area contributed by atoms with Crippen molar-refractivity contribution in [3.63, 3.8) is 0 Å². The van der Waals surface area contributed by atoms with E-state index in [1.165, 1.54) is 4.31 Å². The maximum Gasteiger partial charge on any atom is 0.355 e. The van der Waals surface area contributed by atoms with Crippen LogP contribution in [-0.2, 0) is 21.2 Å². The molecule has 6 nitrogen and oxygen atoms in total. The number of sulfonamides is 1. The molecule has 0 unspecified atom stereocenters. The van der Waals surface area contributed by atoms with Crippen molar-refractivity contribution in [3.8, 4) is 0 Å². The van der Waals surface area contributed by atoms with E-state index in [0.29, 0.717) is 23.4 Å². The van der Waals surface area contributed by atoms with Crippen LogP contribution in [0, 0.1) is 13.8 Å². The third-order valence-corrected chi connectivity index (χ3v) is 6.71. The molecule has 0 fully saturated rings. The van der Waals surface area contributed by atoms with E-state index in [2.05, 4.69) is 4.98 Å². The molecule has 1 aromatic heterocycles. The van der Waals surface area contributed by atoms with Crippen LogP contribution in [0.25, 0.3) is 0 Å². The van der Waals surface area contributed by atoms with Crippen molar-refractivity contribution >= 4 is 21.7 Å². The van der Waals surface area contributed by atoms with Crippen molar-refractivity contribution in [2.75, 3.05) is 10.9 Å². The first kappa shape index (κ1) is 17.5. The molecule has 134 valence electrons. The Hall–Kier alpha value is -2.28. The summed E-state index contributed by atoms with van der Waals surface area (Å²) in [5, 5.41) is 0. The van der Waals surface area contributed by atoms with E-state index >= 15 is 0 Å². The Kier molecular flexibility index (Phi) is 4.36. The van der Waals surface area contributed by atoms with E-state index in [1.54, 1.807) is 20.8 Å². The zero-order chi connectivity index (χ0) is 18.4. The summed E-state index contributed by atoms with van der Waals surface area (Å²) in [6.45, 7) is 7.13. The van der Waals surface area contributed by atoms with Gasteiger partial charge in [0.15, 0.2) is 0 Å². The first-order valence-corrected chi connectivity index (χ1v) is 9.71. The van der Waals surface area contributed by atoms with Crippen LogP contribution in [0.15, 0.2) is 29.2 Å². The molecule has 1 aromatic carbocycles. The fourth-order valence-corrected chi connectivity index (χ4v) is 5.64. The average Bonchev–Trinajstić information content (AvgIpc) is 3.03. The number of anilines is 1. The highest BCUT2D eigenvalue weighted by molar-refractivity contribution is 7.93. The van der Waals surface area contributed by atoms with Gasteiger partial charge in [0.05, 0.1) is 12.3 Å². The maximum absolute atomic E-state index is 13.4. The summed E-state index contributed by atoms with van der Waals surface area (Å²) >= 11 is 0. The quantitative estimate of drug-likeness (QED) is 0.848. The first-order valence-electron chi connectivity index (χ1n) is 8.27. The number of H-pyrrole nitrogens is 1. The van der Waals surface area contributed by atoms with Gasteiger partial charge < -0.3 is 9.72 Å². The van der Waals surface area contributed by atoms with Gasteiger partial charge in [-0.2, -0.15) is 0 Å². The number of para-hydroxylation sites is 1. The fourth-order valence-electron chi connectivity index (χ4n) is 3.53. The second-order valence-corrected chi connectivity index (χ2v) is 8.03. The molecule has 1 aliphatic heterocycles. The SMILES string of the molecule is CCOC(=O)c1[nH]c(C)c(S(=O)(=O)N2c3ccccc3C[C@@H]2C)c1C. The molecular formula is C18H22N2O4S. The topological polar surface area (TPSA) is 79.5 Å². The van der Waals surface area contributed by atoms with Crippen molar-refractivity contribution < 1.29 is 17.9 Å². The van der Waals surface area contributed by atoms with Crippen molar-refractivity contribution in [2.24, 2.45) is 0 Å². The van der Waals surface area contributed by atoms with Gasteiger partial charge in [0, 0.05) is 17.3 Å². The number of nitrogens with one attached hydrogen (secondary N) is 1. The number of fused-ring (bicyclic) bond motifs is 1. The minimum atomic E-state index is -3.80. The van der Waals surface area contributed by atoms with Crippen LogP contribution in [-0.4, -0.2) is 32.0 Å². The molecule has 0 bridgehead atoms. The molecule has 0 aliphatic carbocycles. The van der Waals surface area contributed by atoms with Crippen LogP contribution < -0.4 is 4.31 Å². The summed E-state index contributed by atoms with van der Waals surface area (Å²) in [6.07, 6.45) is 0.669. The number of aromatic amines is 1. The van der Waals surface area contributed by atoms with Crippen LogP contribution in [0.5, 0.6) is 0 Å². The Morgan fingerprint density at radius 1 is 1.32 bits per heavy atom. The fraction of sp³-hybridized carbons (Fsp3) is 0.389. The minimum absolute atomic E-state index is 0.152. The Balaban J connectivity index is 2.12. The molecule has 2 aromatic rings. The van der Waals surface area contributed by atoms with E-state index in [9.17, 15) is 13.2 Å². The normalized spacial score (nSPS) is 16.8. The number of carbonyl (C=O) groups excluding carboxylic acids is 1. The molecule has 0 saturated carbocycles. The molecular weight excluding hydrogens is 340 g/mol. The lowest BCUT2D eigenvalue weighted by molar-refractivity contribution is 0.0519. The van der Waals surface area contributed by atoms with Gasteiger partial charge in [-0.05, 0) is 45.7 Å². The third-order valence-electron chi connectivity index (χ3n) is 4.51. The van der Waals surface area contributed by atoms with E-state index in [-0.39, 0.29) is 23.2 Å². The summed E-state index contributed by atoms with van der Waals surface area (Å²) in [7, 11) is -3.80. The molecule has 1 atom stereocenters. The number of carbonyl (C=O) groups is 1. The van der Waals surface area contributed by atoms with E-state index in [0.717, 1.165) is 5.56 Å². The van der Waals surface area contributed by atoms with Gasteiger partial charge in [-0.25, -0.2) is 13.2 Å². The summed E-state index contributed by atoms with van der Waals surface area (Å²) in [6, 6.07) is 7.33. The maximum atomic E-state index is 13.4. The van der Waals surface area contributed by atoms with E-state index in [4.69, 9.17) is 4.74 Å². The number of aromatic nitrogens is 1.